The van der Waals surface area contributed by atoms with Gasteiger partial charge in [-0.25, -0.2) is 4.99 Å². The second kappa shape index (κ2) is 7.00. The molecular formula is C19H18N2O3. The molecule has 0 radical (unpaired) electrons. The lowest BCUT2D eigenvalue weighted by Gasteiger charge is -2.03. The first-order chi connectivity index (χ1) is 11.7. The van der Waals surface area contributed by atoms with E-state index in [4.69, 9.17) is 9.47 Å². The maximum Gasteiger partial charge on any atom is 0.275 e. The number of aliphatic imine (C=N–C) groups is 1. The Bertz CT molecular complexity index is 808. The van der Waals surface area contributed by atoms with E-state index in [0.29, 0.717) is 18.0 Å². The second-order valence-corrected chi connectivity index (χ2v) is 5.34. The average Bonchev–Trinajstić information content (AvgIpc) is 2.95. The number of ether oxygens (including phenoxy) is 2. The van der Waals surface area contributed by atoms with Crippen LogP contribution in [-0.4, -0.2) is 26.0 Å². The average molecular weight is 322 g/mol. The standard InChI is InChI=1S/C19H18N2O3/c1-23-15-8-6-13(7-9-15)12-18-20-17(19(22)21-18)11-14-4-3-5-16(10-14)24-2/h3-11H,12H2,1-2H3,(H,20,21,22)/b17-11+. The highest BCUT2D eigenvalue weighted by molar-refractivity contribution is 6.14. The zero-order chi connectivity index (χ0) is 16.9. The van der Waals surface area contributed by atoms with Gasteiger partial charge in [0.2, 0.25) is 0 Å². The Kier molecular flexibility index (Phi) is 4.61. The minimum Gasteiger partial charge on any atom is -0.497 e. The van der Waals surface area contributed by atoms with Gasteiger partial charge in [-0.05, 0) is 41.5 Å². The maximum absolute atomic E-state index is 12.1. The molecule has 1 N–H and O–H groups in total. The number of hydrogen-bond donors (Lipinski definition) is 1. The topological polar surface area (TPSA) is 59.9 Å². The first-order valence-corrected chi connectivity index (χ1v) is 7.55. The summed E-state index contributed by atoms with van der Waals surface area (Å²) >= 11 is 0. The van der Waals surface area contributed by atoms with Crippen LogP contribution in [-0.2, 0) is 11.2 Å². The molecule has 0 saturated heterocycles. The molecule has 5 nitrogen and oxygen atoms in total. The summed E-state index contributed by atoms with van der Waals surface area (Å²) in [6.07, 6.45) is 2.31. The molecule has 122 valence electrons. The van der Waals surface area contributed by atoms with Crippen molar-refractivity contribution in [1.82, 2.24) is 5.32 Å². The van der Waals surface area contributed by atoms with Gasteiger partial charge >= 0.3 is 0 Å². The molecule has 2 aromatic carbocycles. The number of hydrogen-bond acceptors (Lipinski definition) is 4. The summed E-state index contributed by atoms with van der Waals surface area (Å²) in [6.45, 7) is 0. The summed E-state index contributed by atoms with van der Waals surface area (Å²) in [5.41, 5.74) is 2.32. The van der Waals surface area contributed by atoms with Crippen LogP contribution < -0.4 is 14.8 Å². The Hall–Kier alpha value is -3.08. The van der Waals surface area contributed by atoms with E-state index >= 15 is 0 Å². The zero-order valence-corrected chi connectivity index (χ0v) is 13.6. The van der Waals surface area contributed by atoms with Crippen molar-refractivity contribution in [3.05, 3.63) is 65.4 Å². The van der Waals surface area contributed by atoms with Gasteiger partial charge in [-0.3, -0.25) is 4.79 Å². The number of benzene rings is 2. The van der Waals surface area contributed by atoms with E-state index in [1.165, 1.54) is 0 Å². The molecule has 0 fully saturated rings. The fourth-order valence-corrected chi connectivity index (χ4v) is 2.43. The van der Waals surface area contributed by atoms with Gasteiger partial charge in [-0.2, -0.15) is 0 Å². The van der Waals surface area contributed by atoms with Crippen molar-refractivity contribution in [2.24, 2.45) is 4.99 Å². The largest absolute Gasteiger partial charge is 0.497 e. The number of amidine groups is 1. The van der Waals surface area contributed by atoms with Gasteiger partial charge in [-0.15, -0.1) is 0 Å². The van der Waals surface area contributed by atoms with Crippen molar-refractivity contribution in [3.63, 3.8) is 0 Å². The summed E-state index contributed by atoms with van der Waals surface area (Å²) in [5, 5.41) is 2.81. The minimum absolute atomic E-state index is 0.193. The molecule has 1 heterocycles. The van der Waals surface area contributed by atoms with Crippen LogP contribution in [0.5, 0.6) is 11.5 Å². The highest BCUT2D eigenvalue weighted by Crippen LogP contribution is 2.18. The molecule has 0 aliphatic carbocycles. The van der Waals surface area contributed by atoms with Crippen molar-refractivity contribution in [2.75, 3.05) is 14.2 Å². The van der Waals surface area contributed by atoms with E-state index in [1.807, 2.05) is 48.5 Å². The first kappa shape index (κ1) is 15.8. The molecule has 0 aromatic heterocycles. The Balaban J connectivity index is 1.77. The maximum atomic E-state index is 12.1. The normalized spacial score (nSPS) is 15.2. The third-order valence-electron chi connectivity index (χ3n) is 3.67. The van der Waals surface area contributed by atoms with Crippen LogP contribution in [0.4, 0.5) is 0 Å². The van der Waals surface area contributed by atoms with Crippen LogP contribution >= 0.6 is 0 Å². The molecule has 0 spiro atoms. The van der Waals surface area contributed by atoms with E-state index < -0.39 is 0 Å². The minimum atomic E-state index is -0.193. The molecule has 2 aromatic rings. The van der Waals surface area contributed by atoms with Crippen LogP contribution in [0.2, 0.25) is 0 Å². The number of nitrogens with zero attached hydrogens (tertiary/aromatic N) is 1. The van der Waals surface area contributed by atoms with Crippen LogP contribution in [0.25, 0.3) is 6.08 Å². The molecule has 0 atom stereocenters. The molecule has 3 rings (SSSR count). The SMILES string of the molecule is COc1ccc(CC2=N/C(=C/c3cccc(OC)c3)C(=O)N2)cc1. The summed E-state index contributed by atoms with van der Waals surface area (Å²) in [7, 11) is 3.24. The van der Waals surface area contributed by atoms with Gasteiger partial charge in [0.15, 0.2) is 0 Å². The Morgan fingerprint density at radius 1 is 1.04 bits per heavy atom. The molecule has 24 heavy (non-hydrogen) atoms. The number of methoxy groups -OCH3 is 2. The van der Waals surface area contributed by atoms with Crippen molar-refractivity contribution < 1.29 is 14.3 Å². The number of carbonyl (C=O) groups is 1. The van der Waals surface area contributed by atoms with E-state index in [-0.39, 0.29) is 5.91 Å². The van der Waals surface area contributed by atoms with Crippen molar-refractivity contribution in [1.29, 1.82) is 0 Å². The van der Waals surface area contributed by atoms with E-state index in [2.05, 4.69) is 10.3 Å². The molecule has 5 heteroatoms. The van der Waals surface area contributed by atoms with Gasteiger partial charge < -0.3 is 14.8 Å². The van der Waals surface area contributed by atoms with Crippen LogP contribution in [0, 0.1) is 0 Å². The lowest BCUT2D eigenvalue weighted by atomic mass is 10.1. The number of carbonyl (C=O) groups excluding carboxylic acids is 1. The van der Waals surface area contributed by atoms with Gasteiger partial charge in [0.25, 0.3) is 5.91 Å². The van der Waals surface area contributed by atoms with Gasteiger partial charge in [-0.1, -0.05) is 24.3 Å². The number of nitrogens with one attached hydrogen (secondary N) is 1. The first-order valence-electron chi connectivity index (χ1n) is 7.55. The lowest BCUT2D eigenvalue weighted by Crippen LogP contribution is -2.25. The Labute approximate surface area is 140 Å². The van der Waals surface area contributed by atoms with Gasteiger partial charge in [0.05, 0.1) is 14.2 Å². The monoisotopic (exact) mass is 322 g/mol. The van der Waals surface area contributed by atoms with Gasteiger partial charge in [0, 0.05) is 6.42 Å². The van der Waals surface area contributed by atoms with E-state index in [9.17, 15) is 4.79 Å². The van der Waals surface area contributed by atoms with Crippen molar-refractivity contribution in [2.45, 2.75) is 6.42 Å². The Morgan fingerprint density at radius 3 is 2.50 bits per heavy atom. The highest BCUT2D eigenvalue weighted by Gasteiger charge is 2.20. The second-order valence-electron chi connectivity index (χ2n) is 5.34. The highest BCUT2D eigenvalue weighted by atomic mass is 16.5. The smallest absolute Gasteiger partial charge is 0.275 e. The lowest BCUT2D eigenvalue weighted by molar-refractivity contribution is -0.115. The predicted molar refractivity (Wildman–Crippen MR) is 93.2 cm³/mol. The summed E-state index contributed by atoms with van der Waals surface area (Å²) in [5.74, 6) is 1.99. The van der Waals surface area contributed by atoms with Crippen molar-refractivity contribution in [3.8, 4) is 11.5 Å². The molecule has 0 bridgehead atoms. The third-order valence-corrected chi connectivity index (χ3v) is 3.67. The number of amides is 1. The summed E-state index contributed by atoms with van der Waals surface area (Å²) in [4.78, 5) is 16.5. The van der Waals surface area contributed by atoms with Crippen LogP contribution in [0.15, 0.2) is 59.2 Å². The Morgan fingerprint density at radius 2 is 1.79 bits per heavy atom. The van der Waals surface area contributed by atoms with Gasteiger partial charge in [0.1, 0.15) is 23.0 Å². The molecule has 0 saturated carbocycles. The van der Waals surface area contributed by atoms with Crippen LogP contribution in [0.3, 0.4) is 0 Å². The molecule has 1 amide bonds. The molecule has 1 aliphatic heterocycles. The summed E-state index contributed by atoms with van der Waals surface area (Å²) < 4.78 is 10.3. The molecule has 0 unspecified atom stereocenters. The van der Waals surface area contributed by atoms with E-state index in [1.54, 1.807) is 20.3 Å². The number of rotatable bonds is 5. The predicted octanol–water partition coefficient (Wildman–Crippen LogP) is 2.82. The summed E-state index contributed by atoms with van der Waals surface area (Å²) in [6, 6.07) is 15.2. The van der Waals surface area contributed by atoms with Crippen LogP contribution in [0.1, 0.15) is 11.1 Å². The molecule has 1 aliphatic rings. The van der Waals surface area contributed by atoms with Crippen molar-refractivity contribution >= 4 is 17.8 Å². The molecular weight excluding hydrogens is 304 g/mol. The fraction of sp³-hybridized carbons (Fsp3) is 0.158. The van der Waals surface area contributed by atoms with E-state index in [0.717, 1.165) is 22.6 Å². The quantitative estimate of drug-likeness (QED) is 0.861. The third kappa shape index (κ3) is 3.63. The fourth-order valence-electron chi connectivity index (χ4n) is 2.43. The zero-order valence-electron chi connectivity index (χ0n) is 13.6.